The molecule has 1 saturated heterocycles. The first-order chi connectivity index (χ1) is 8.15. The summed E-state index contributed by atoms with van der Waals surface area (Å²) in [4.78, 5) is 0. The molecular weight excluding hydrogens is 212 g/mol. The van der Waals surface area contributed by atoms with E-state index in [1.54, 1.807) is 0 Å². The molecule has 1 heterocycles. The quantitative estimate of drug-likeness (QED) is 0.771. The Hall–Kier alpha value is -0.120. The first-order valence-corrected chi connectivity index (χ1v) is 7.23. The zero-order valence-electron chi connectivity index (χ0n) is 11.4. The van der Waals surface area contributed by atoms with Crippen LogP contribution in [0.25, 0.3) is 0 Å². The van der Waals surface area contributed by atoms with Crippen LogP contribution in [0.15, 0.2) is 0 Å². The first-order valence-electron chi connectivity index (χ1n) is 7.23. The molecule has 100 valence electrons. The van der Waals surface area contributed by atoms with E-state index in [2.05, 4.69) is 19.2 Å². The van der Waals surface area contributed by atoms with Gasteiger partial charge >= 0.3 is 0 Å². The molecular formula is C14H28N2O. The van der Waals surface area contributed by atoms with Crippen molar-refractivity contribution in [2.75, 3.05) is 19.7 Å². The lowest BCUT2D eigenvalue weighted by atomic mass is 9.85. The molecule has 0 aromatic heterocycles. The van der Waals surface area contributed by atoms with Crippen molar-refractivity contribution >= 4 is 0 Å². The van der Waals surface area contributed by atoms with Crippen LogP contribution >= 0.6 is 0 Å². The fraction of sp³-hybridized carbons (Fsp3) is 1.00. The van der Waals surface area contributed by atoms with Gasteiger partial charge in [0.25, 0.3) is 0 Å². The minimum absolute atomic E-state index is 0.321. The largest absolute Gasteiger partial charge is 0.378 e. The van der Waals surface area contributed by atoms with Gasteiger partial charge in [-0.25, -0.2) is 0 Å². The zero-order valence-corrected chi connectivity index (χ0v) is 11.4. The fourth-order valence-electron chi connectivity index (χ4n) is 3.40. The Kier molecular flexibility index (Phi) is 4.45. The van der Waals surface area contributed by atoms with Crippen molar-refractivity contribution in [1.29, 1.82) is 0 Å². The first kappa shape index (κ1) is 13.3. The monoisotopic (exact) mass is 240 g/mol. The van der Waals surface area contributed by atoms with Crippen molar-refractivity contribution in [3.63, 3.8) is 0 Å². The maximum absolute atomic E-state index is 6.20. The molecule has 3 heteroatoms. The van der Waals surface area contributed by atoms with Crippen molar-refractivity contribution in [1.82, 2.24) is 5.32 Å². The van der Waals surface area contributed by atoms with Gasteiger partial charge < -0.3 is 15.8 Å². The van der Waals surface area contributed by atoms with Gasteiger partial charge in [-0.1, -0.05) is 20.3 Å². The number of ether oxygens (including phenoxy) is 1. The van der Waals surface area contributed by atoms with Crippen LogP contribution in [-0.2, 0) is 4.74 Å². The van der Waals surface area contributed by atoms with Gasteiger partial charge in [-0.05, 0) is 37.0 Å². The van der Waals surface area contributed by atoms with Crippen LogP contribution in [0.4, 0.5) is 0 Å². The van der Waals surface area contributed by atoms with Crippen LogP contribution in [0.3, 0.4) is 0 Å². The van der Waals surface area contributed by atoms with Crippen molar-refractivity contribution in [3.05, 3.63) is 0 Å². The molecule has 1 aliphatic heterocycles. The molecule has 1 aliphatic carbocycles. The summed E-state index contributed by atoms with van der Waals surface area (Å²) in [6.07, 6.45) is 6.61. The van der Waals surface area contributed by atoms with Gasteiger partial charge in [-0.3, -0.25) is 0 Å². The maximum atomic E-state index is 6.20. The van der Waals surface area contributed by atoms with Crippen LogP contribution in [0.2, 0.25) is 0 Å². The van der Waals surface area contributed by atoms with Crippen molar-refractivity contribution in [2.45, 2.75) is 58.1 Å². The highest BCUT2D eigenvalue weighted by molar-refractivity contribution is 4.93. The van der Waals surface area contributed by atoms with E-state index in [0.29, 0.717) is 23.5 Å². The molecule has 0 aromatic carbocycles. The summed E-state index contributed by atoms with van der Waals surface area (Å²) in [5.41, 5.74) is 6.52. The van der Waals surface area contributed by atoms with Gasteiger partial charge in [0, 0.05) is 25.7 Å². The van der Waals surface area contributed by atoms with Crippen molar-refractivity contribution in [2.24, 2.45) is 17.1 Å². The predicted molar refractivity (Wildman–Crippen MR) is 70.9 cm³/mol. The Morgan fingerprint density at radius 3 is 2.88 bits per heavy atom. The SMILES string of the molecule is CCC1OCCC1CNCC1(C)CCCC1N. The molecule has 0 aromatic rings. The Morgan fingerprint density at radius 1 is 1.41 bits per heavy atom. The molecule has 2 fully saturated rings. The minimum Gasteiger partial charge on any atom is -0.378 e. The highest BCUT2D eigenvalue weighted by Gasteiger charge is 2.36. The van der Waals surface area contributed by atoms with Crippen LogP contribution in [-0.4, -0.2) is 31.8 Å². The summed E-state index contributed by atoms with van der Waals surface area (Å²) in [6, 6.07) is 0.386. The minimum atomic E-state index is 0.321. The summed E-state index contributed by atoms with van der Waals surface area (Å²) >= 11 is 0. The number of hydrogen-bond acceptors (Lipinski definition) is 3. The van der Waals surface area contributed by atoms with Crippen LogP contribution < -0.4 is 11.1 Å². The van der Waals surface area contributed by atoms with E-state index in [1.807, 2.05) is 0 Å². The smallest absolute Gasteiger partial charge is 0.0613 e. The average molecular weight is 240 g/mol. The van der Waals surface area contributed by atoms with Crippen molar-refractivity contribution < 1.29 is 4.74 Å². The molecule has 0 spiro atoms. The molecule has 4 unspecified atom stereocenters. The van der Waals surface area contributed by atoms with E-state index in [-0.39, 0.29) is 0 Å². The third-order valence-corrected chi connectivity index (χ3v) is 4.84. The second kappa shape index (κ2) is 5.68. The molecule has 0 radical (unpaired) electrons. The molecule has 4 atom stereocenters. The molecule has 3 nitrogen and oxygen atoms in total. The van der Waals surface area contributed by atoms with Crippen molar-refractivity contribution in [3.8, 4) is 0 Å². The third kappa shape index (κ3) is 3.01. The van der Waals surface area contributed by atoms with Gasteiger partial charge in [0.1, 0.15) is 0 Å². The Morgan fingerprint density at radius 2 is 2.24 bits per heavy atom. The normalized spacial score (nSPS) is 42.2. The number of nitrogens with one attached hydrogen (secondary N) is 1. The highest BCUT2D eigenvalue weighted by atomic mass is 16.5. The lowest BCUT2D eigenvalue weighted by molar-refractivity contribution is 0.0864. The number of nitrogens with two attached hydrogens (primary N) is 1. The van der Waals surface area contributed by atoms with Gasteiger partial charge in [0.2, 0.25) is 0 Å². The van der Waals surface area contributed by atoms with E-state index in [9.17, 15) is 0 Å². The second-order valence-corrected chi connectivity index (χ2v) is 6.15. The maximum Gasteiger partial charge on any atom is 0.0613 e. The van der Waals surface area contributed by atoms with E-state index in [1.165, 1.54) is 25.7 Å². The second-order valence-electron chi connectivity index (χ2n) is 6.15. The lowest BCUT2D eigenvalue weighted by Gasteiger charge is -2.30. The summed E-state index contributed by atoms with van der Waals surface area (Å²) < 4.78 is 5.72. The molecule has 0 amide bonds. The summed E-state index contributed by atoms with van der Waals surface area (Å²) in [5, 5.41) is 3.64. The lowest BCUT2D eigenvalue weighted by Crippen LogP contribution is -2.44. The number of hydrogen-bond donors (Lipinski definition) is 2. The molecule has 2 aliphatic rings. The molecule has 1 saturated carbocycles. The third-order valence-electron chi connectivity index (χ3n) is 4.84. The number of rotatable bonds is 5. The molecule has 2 rings (SSSR count). The fourth-order valence-corrected chi connectivity index (χ4v) is 3.40. The molecule has 17 heavy (non-hydrogen) atoms. The van der Waals surface area contributed by atoms with E-state index in [0.717, 1.165) is 26.1 Å². The van der Waals surface area contributed by atoms with Gasteiger partial charge in [-0.15, -0.1) is 0 Å². The van der Waals surface area contributed by atoms with Crippen LogP contribution in [0.1, 0.15) is 46.0 Å². The van der Waals surface area contributed by atoms with E-state index < -0.39 is 0 Å². The molecule has 0 bridgehead atoms. The summed E-state index contributed by atoms with van der Waals surface area (Å²) in [7, 11) is 0. The van der Waals surface area contributed by atoms with Crippen LogP contribution in [0.5, 0.6) is 0 Å². The van der Waals surface area contributed by atoms with E-state index in [4.69, 9.17) is 10.5 Å². The topological polar surface area (TPSA) is 47.3 Å². The average Bonchev–Trinajstić information content (AvgIpc) is 2.88. The van der Waals surface area contributed by atoms with Gasteiger partial charge in [-0.2, -0.15) is 0 Å². The van der Waals surface area contributed by atoms with Gasteiger partial charge in [0.15, 0.2) is 0 Å². The Labute approximate surface area is 105 Å². The highest BCUT2D eigenvalue weighted by Crippen LogP contribution is 2.36. The summed E-state index contributed by atoms with van der Waals surface area (Å²) in [6.45, 7) is 7.67. The zero-order chi connectivity index (χ0) is 12.3. The predicted octanol–water partition coefficient (Wildman–Crippen LogP) is 1.91. The standard InChI is InChI=1S/C14H28N2O/c1-3-12-11(6-8-17-12)9-16-10-14(2)7-4-5-13(14)15/h11-13,16H,3-10,15H2,1-2H3. The summed E-state index contributed by atoms with van der Waals surface area (Å²) in [5.74, 6) is 0.709. The molecule has 3 N–H and O–H groups in total. The van der Waals surface area contributed by atoms with Gasteiger partial charge in [0.05, 0.1) is 6.10 Å². The Bertz CT molecular complexity index is 246. The van der Waals surface area contributed by atoms with Crippen LogP contribution in [0, 0.1) is 11.3 Å². The Balaban J connectivity index is 1.72. The van der Waals surface area contributed by atoms with E-state index >= 15 is 0 Å².